The van der Waals surface area contributed by atoms with Crippen LogP contribution in [0, 0.1) is 6.92 Å². The summed E-state index contributed by atoms with van der Waals surface area (Å²) >= 11 is 0. The van der Waals surface area contributed by atoms with Gasteiger partial charge in [-0.25, -0.2) is 4.98 Å². The third-order valence-electron chi connectivity index (χ3n) is 1.39. The van der Waals surface area contributed by atoms with Gasteiger partial charge in [0.2, 0.25) is 5.88 Å². The van der Waals surface area contributed by atoms with Gasteiger partial charge in [-0.15, -0.1) is 0 Å². The summed E-state index contributed by atoms with van der Waals surface area (Å²) in [7, 11) is 0. The molecule has 1 heterocycles. The Morgan fingerprint density at radius 1 is 1.42 bits per heavy atom. The number of alkyl halides is 3. The fraction of sp³-hybridized carbons (Fsp3) is 0.286. The fourth-order valence-electron chi connectivity index (χ4n) is 0.818. The van der Waals surface area contributed by atoms with Crippen LogP contribution in [0.15, 0.2) is 12.3 Å². The van der Waals surface area contributed by atoms with Gasteiger partial charge in [-0.2, -0.15) is 13.2 Å². The van der Waals surface area contributed by atoms with E-state index in [1.165, 1.54) is 6.92 Å². The van der Waals surface area contributed by atoms with Crippen molar-refractivity contribution in [3.63, 3.8) is 0 Å². The van der Waals surface area contributed by atoms with E-state index in [4.69, 9.17) is 5.11 Å². The first-order valence-corrected chi connectivity index (χ1v) is 3.14. The van der Waals surface area contributed by atoms with Gasteiger partial charge in [-0.3, -0.25) is 0 Å². The summed E-state index contributed by atoms with van der Waals surface area (Å²) in [6.07, 6.45) is -3.44. The van der Waals surface area contributed by atoms with Gasteiger partial charge in [0.25, 0.3) is 0 Å². The molecule has 0 unspecified atom stereocenters. The van der Waals surface area contributed by atoms with Gasteiger partial charge in [0.1, 0.15) is 0 Å². The molecule has 5 heteroatoms. The average Bonchev–Trinajstić information content (AvgIpc) is 1.92. The van der Waals surface area contributed by atoms with Crippen molar-refractivity contribution < 1.29 is 18.3 Å². The van der Waals surface area contributed by atoms with Crippen LogP contribution in [-0.4, -0.2) is 10.1 Å². The zero-order valence-corrected chi connectivity index (χ0v) is 6.18. The minimum Gasteiger partial charge on any atom is -0.493 e. The minimum absolute atomic E-state index is 0.000278. The van der Waals surface area contributed by atoms with Crippen molar-refractivity contribution in [3.8, 4) is 5.88 Å². The van der Waals surface area contributed by atoms with E-state index in [0.717, 1.165) is 6.20 Å². The molecule has 0 aliphatic carbocycles. The lowest BCUT2D eigenvalue weighted by molar-refractivity contribution is -0.138. The highest BCUT2D eigenvalue weighted by Crippen LogP contribution is 2.32. The van der Waals surface area contributed by atoms with E-state index in [9.17, 15) is 13.2 Å². The van der Waals surface area contributed by atoms with Gasteiger partial charge in [0, 0.05) is 12.3 Å². The molecule has 66 valence electrons. The molecule has 0 saturated carbocycles. The molecule has 0 aliphatic rings. The summed E-state index contributed by atoms with van der Waals surface area (Å²) in [5.41, 5.74) is -0.852. The van der Waals surface area contributed by atoms with E-state index < -0.39 is 17.6 Å². The van der Waals surface area contributed by atoms with Crippen LogP contribution in [0.4, 0.5) is 13.2 Å². The first-order chi connectivity index (χ1) is 5.41. The van der Waals surface area contributed by atoms with Crippen LogP contribution in [0.1, 0.15) is 11.1 Å². The monoisotopic (exact) mass is 177 g/mol. The SMILES string of the molecule is Cc1cnc(O)cc1C(F)(F)F. The summed E-state index contributed by atoms with van der Waals surface area (Å²) < 4.78 is 36.3. The Morgan fingerprint density at radius 2 is 2.00 bits per heavy atom. The molecule has 1 N–H and O–H groups in total. The highest BCUT2D eigenvalue weighted by atomic mass is 19.4. The topological polar surface area (TPSA) is 33.1 Å². The molecule has 0 amide bonds. The first kappa shape index (κ1) is 8.83. The van der Waals surface area contributed by atoms with Crippen molar-refractivity contribution >= 4 is 0 Å². The molecule has 0 atom stereocenters. The number of aromatic nitrogens is 1. The van der Waals surface area contributed by atoms with Crippen molar-refractivity contribution in [3.05, 3.63) is 23.4 Å². The standard InChI is InChI=1S/C7H6F3NO/c1-4-3-11-6(12)2-5(4)7(8,9)10/h2-3H,1H3,(H,11,12). The maximum atomic E-state index is 12.1. The number of hydrogen-bond acceptors (Lipinski definition) is 2. The molecular weight excluding hydrogens is 171 g/mol. The molecule has 0 fully saturated rings. The Hall–Kier alpha value is -1.26. The second-order valence-electron chi connectivity index (χ2n) is 2.36. The van der Waals surface area contributed by atoms with Crippen LogP contribution >= 0.6 is 0 Å². The van der Waals surface area contributed by atoms with E-state index >= 15 is 0 Å². The summed E-state index contributed by atoms with van der Waals surface area (Å²) in [4.78, 5) is 3.31. The molecule has 0 saturated heterocycles. The fourth-order valence-corrected chi connectivity index (χ4v) is 0.818. The lowest BCUT2D eigenvalue weighted by Gasteiger charge is -2.08. The van der Waals surface area contributed by atoms with Crippen molar-refractivity contribution in [1.82, 2.24) is 4.98 Å². The van der Waals surface area contributed by atoms with Crippen LogP contribution in [-0.2, 0) is 6.18 Å². The minimum atomic E-state index is -4.43. The number of rotatable bonds is 0. The molecular formula is C7H6F3NO. The smallest absolute Gasteiger partial charge is 0.416 e. The average molecular weight is 177 g/mol. The van der Waals surface area contributed by atoms with E-state index in [-0.39, 0.29) is 5.56 Å². The number of nitrogens with zero attached hydrogens (tertiary/aromatic N) is 1. The molecule has 1 rings (SSSR count). The van der Waals surface area contributed by atoms with Gasteiger partial charge in [0.05, 0.1) is 5.56 Å². The molecule has 0 aliphatic heterocycles. The molecule has 1 aromatic rings. The zero-order chi connectivity index (χ0) is 9.35. The first-order valence-electron chi connectivity index (χ1n) is 3.14. The van der Waals surface area contributed by atoms with Crippen LogP contribution < -0.4 is 0 Å². The molecule has 0 bridgehead atoms. The van der Waals surface area contributed by atoms with Gasteiger partial charge >= 0.3 is 6.18 Å². The maximum absolute atomic E-state index is 12.1. The quantitative estimate of drug-likeness (QED) is 0.658. The molecule has 12 heavy (non-hydrogen) atoms. The maximum Gasteiger partial charge on any atom is 0.416 e. The normalized spacial score (nSPS) is 11.7. The second kappa shape index (κ2) is 2.66. The Morgan fingerprint density at radius 3 is 2.42 bits per heavy atom. The summed E-state index contributed by atoms with van der Waals surface area (Å²) in [6.45, 7) is 1.29. The number of hydrogen-bond donors (Lipinski definition) is 1. The number of aryl methyl sites for hydroxylation is 1. The summed E-state index contributed by atoms with van der Waals surface area (Å²) in [5, 5.41) is 8.69. The Bertz CT molecular complexity index is 295. The van der Waals surface area contributed by atoms with Gasteiger partial charge in [-0.1, -0.05) is 0 Å². The van der Waals surface area contributed by atoms with E-state index in [0.29, 0.717) is 6.07 Å². The Balaban J connectivity index is 3.23. The predicted molar refractivity (Wildman–Crippen MR) is 35.6 cm³/mol. The summed E-state index contributed by atoms with van der Waals surface area (Å²) in [6, 6.07) is 0.606. The largest absolute Gasteiger partial charge is 0.493 e. The third kappa shape index (κ3) is 1.66. The molecule has 0 spiro atoms. The zero-order valence-electron chi connectivity index (χ0n) is 6.18. The van der Waals surface area contributed by atoms with E-state index in [1.807, 2.05) is 0 Å². The van der Waals surface area contributed by atoms with Crippen LogP contribution in [0.25, 0.3) is 0 Å². The van der Waals surface area contributed by atoms with Crippen LogP contribution in [0.5, 0.6) is 5.88 Å². The van der Waals surface area contributed by atoms with Gasteiger partial charge < -0.3 is 5.11 Å². The highest BCUT2D eigenvalue weighted by Gasteiger charge is 2.32. The van der Waals surface area contributed by atoms with Crippen molar-refractivity contribution in [2.45, 2.75) is 13.1 Å². The van der Waals surface area contributed by atoms with E-state index in [1.54, 1.807) is 0 Å². The summed E-state index contributed by atoms with van der Waals surface area (Å²) in [5.74, 6) is -0.618. The number of aromatic hydroxyl groups is 1. The lowest BCUT2D eigenvalue weighted by Crippen LogP contribution is -2.07. The van der Waals surface area contributed by atoms with Crippen LogP contribution in [0.3, 0.4) is 0 Å². The lowest BCUT2D eigenvalue weighted by atomic mass is 10.1. The van der Waals surface area contributed by atoms with Gasteiger partial charge in [0.15, 0.2) is 0 Å². The third-order valence-corrected chi connectivity index (χ3v) is 1.39. The van der Waals surface area contributed by atoms with E-state index in [2.05, 4.69) is 4.98 Å². The number of halogens is 3. The number of pyridine rings is 1. The Kier molecular flexibility index (Phi) is 1.95. The molecule has 0 radical (unpaired) electrons. The van der Waals surface area contributed by atoms with Crippen molar-refractivity contribution in [2.24, 2.45) is 0 Å². The van der Waals surface area contributed by atoms with Gasteiger partial charge in [-0.05, 0) is 12.5 Å². The predicted octanol–water partition coefficient (Wildman–Crippen LogP) is 2.11. The molecule has 0 aromatic carbocycles. The molecule has 2 nitrogen and oxygen atoms in total. The van der Waals surface area contributed by atoms with Crippen LogP contribution in [0.2, 0.25) is 0 Å². The molecule has 1 aromatic heterocycles. The van der Waals surface area contributed by atoms with Crippen molar-refractivity contribution in [1.29, 1.82) is 0 Å². The second-order valence-corrected chi connectivity index (χ2v) is 2.36. The Labute approximate surface area is 66.7 Å². The highest BCUT2D eigenvalue weighted by molar-refractivity contribution is 5.29. The van der Waals surface area contributed by atoms with Crippen molar-refractivity contribution in [2.75, 3.05) is 0 Å².